The standard InChI is InChI=1S/C18H25N3O4/c1-18(2,3)24-17(23)21-11-9-13(10-12-21)15(19)20-25-16(22)14-7-5-4-6-8-14/h4-8,13H,9-12H2,1-3H3,(H2,19,20). The van der Waals surface area contributed by atoms with Crippen LogP contribution in [0.15, 0.2) is 35.5 Å². The van der Waals surface area contributed by atoms with Gasteiger partial charge in [-0.3, -0.25) is 0 Å². The van der Waals surface area contributed by atoms with Crippen molar-refractivity contribution < 1.29 is 19.2 Å². The highest BCUT2D eigenvalue weighted by atomic mass is 16.7. The maximum Gasteiger partial charge on any atom is 0.410 e. The third-order valence-corrected chi connectivity index (χ3v) is 3.81. The number of ether oxygens (including phenoxy) is 1. The van der Waals surface area contributed by atoms with E-state index in [0.29, 0.717) is 31.5 Å². The average molecular weight is 347 g/mol. The number of hydrogen-bond donors (Lipinski definition) is 1. The first-order valence-electron chi connectivity index (χ1n) is 8.34. The Morgan fingerprint density at radius 2 is 1.76 bits per heavy atom. The van der Waals surface area contributed by atoms with Gasteiger partial charge in [-0.1, -0.05) is 23.4 Å². The average Bonchev–Trinajstić information content (AvgIpc) is 2.58. The number of carbonyl (C=O) groups is 2. The number of nitrogens with zero attached hydrogens (tertiary/aromatic N) is 2. The maximum absolute atomic E-state index is 12.0. The molecule has 0 atom stereocenters. The predicted molar refractivity (Wildman–Crippen MR) is 94.0 cm³/mol. The molecular formula is C18H25N3O4. The second-order valence-electron chi connectivity index (χ2n) is 7.00. The number of piperidine rings is 1. The number of amides is 1. The normalized spacial score (nSPS) is 16.4. The van der Waals surface area contributed by atoms with Gasteiger partial charge in [0, 0.05) is 19.0 Å². The Morgan fingerprint density at radius 3 is 2.32 bits per heavy atom. The number of hydrogen-bond acceptors (Lipinski definition) is 5. The van der Waals surface area contributed by atoms with Crippen molar-refractivity contribution in [2.24, 2.45) is 16.8 Å². The van der Waals surface area contributed by atoms with E-state index in [1.54, 1.807) is 29.2 Å². The lowest BCUT2D eigenvalue weighted by Crippen LogP contribution is -2.44. The number of likely N-dealkylation sites (tertiary alicyclic amines) is 1. The van der Waals surface area contributed by atoms with Gasteiger partial charge >= 0.3 is 12.1 Å². The van der Waals surface area contributed by atoms with Crippen LogP contribution in [-0.2, 0) is 9.57 Å². The quantitative estimate of drug-likeness (QED) is 0.393. The Labute approximate surface area is 147 Å². The Balaban J connectivity index is 1.83. The van der Waals surface area contributed by atoms with Crippen molar-refractivity contribution in [3.8, 4) is 0 Å². The fourth-order valence-electron chi connectivity index (χ4n) is 2.48. The van der Waals surface area contributed by atoms with Crippen LogP contribution >= 0.6 is 0 Å². The van der Waals surface area contributed by atoms with Crippen LogP contribution in [0.1, 0.15) is 44.0 Å². The highest BCUT2D eigenvalue weighted by Gasteiger charge is 2.28. The van der Waals surface area contributed by atoms with E-state index in [0.717, 1.165) is 0 Å². The molecule has 7 heteroatoms. The number of benzene rings is 1. The summed E-state index contributed by atoms with van der Waals surface area (Å²) >= 11 is 0. The molecule has 0 radical (unpaired) electrons. The van der Waals surface area contributed by atoms with Crippen LogP contribution in [0.2, 0.25) is 0 Å². The van der Waals surface area contributed by atoms with Gasteiger partial charge in [0.25, 0.3) is 0 Å². The molecule has 2 rings (SSSR count). The fourth-order valence-corrected chi connectivity index (χ4v) is 2.48. The Kier molecular flexibility index (Phi) is 6.01. The van der Waals surface area contributed by atoms with Crippen LogP contribution in [0.4, 0.5) is 4.79 Å². The monoisotopic (exact) mass is 347 g/mol. The molecule has 1 aliphatic rings. The minimum atomic E-state index is -0.547. The summed E-state index contributed by atoms with van der Waals surface area (Å²) in [6, 6.07) is 8.60. The fraction of sp³-hybridized carbons (Fsp3) is 0.500. The lowest BCUT2D eigenvalue weighted by atomic mass is 9.96. The van der Waals surface area contributed by atoms with E-state index < -0.39 is 11.6 Å². The van der Waals surface area contributed by atoms with Crippen molar-refractivity contribution in [3.63, 3.8) is 0 Å². The number of oxime groups is 1. The van der Waals surface area contributed by atoms with Crippen molar-refractivity contribution in [2.45, 2.75) is 39.2 Å². The van der Waals surface area contributed by atoms with E-state index in [-0.39, 0.29) is 17.8 Å². The smallest absolute Gasteiger partial charge is 0.410 e. The zero-order valence-corrected chi connectivity index (χ0v) is 14.9. The summed E-state index contributed by atoms with van der Waals surface area (Å²) in [6.45, 7) is 6.57. The first-order chi connectivity index (χ1) is 11.8. The van der Waals surface area contributed by atoms with Crippen LogP contribution in [0.5, 0.6) is 0 Å². The topological polar surface area (TPSA) is 94.2 Å². The zero-order valence-electron chi connectivity index (χ0n) is 14.9. The van der Waals surface area contributed by atoms with Crippen molar-refractivity contribution in [1.82, 2.24) is 4.90 Å². The summed E-state index contributed by atoms with van der Waals surface area (Å²) in [5.41, 5.74) is 5.84. The molecule has 1 amide bonds. The Bertz CT molecular complexity index is 629. The number of nitrogens with two attached hydrogens (primary N) is 1. The first-order valence-corrected chi connectivity index (χ1v) is 8.34. The summed E-state index contributed by atoms with van der Waals surface area (Å²) in [5, 5.41) is 3.76. The molecule has 2 N–H and O–H groups in total. The molecular weight excluding hydrogens is 322 g/mol. The summed E-state index contributed by atoms with van der Waals surface area (Å²) in [5.74, 6) is -0.301. The highest BCUT2D eigenvalue weighted by molar-refractivity contribution is 5.90. The predicted octanol–water partition coefficient (Wildman–Crippen LogP) is 2.76. The van der Waals surface area contributed by atoms with Gasteiger partial charge in [0.2, 0.25) is 0 Å². The van der Waals surface area contributed by atoms with Gasteiger partial charge < -0.3 is 20.2 Å². The van der Waals surface area contributed by atoms with E-state index >= 15 is 0 Å². The lowest BCUT2D eigenvalue weighted by Gasteiger charge is -2.32. The molecule has 0 aliphatic carbocycles. The second-order valence-corrected chi connectivity index (χ2v) is 7.00. The van der Waals surface area contributed by atoms with Crippen LogP contribution in [0.3, 0.4) is 0 Å². The van der Waals surface area contributed by atoms with Gasteiger partial charge in [0.15, 0.2) is 0 Å². The van der Waals surface area contributed by atoms with E-state index in [1.807, 2.05) is 26.8 Å². The number of carbonyl (C=O) groups excluding carboxylic acids is 2. The minimum Gasteiger partial charge on any atom is -0.444 e. The van der Waals surface area contributed by atoms with E-state index in [4.69, 9.17) is 15.3 Å². The van der Waals surface area contributed by atoms with Crippen LogP contribution in [0.25, 0.3) is 0 Å². The van der Waals surface area contributed by atoms with Crippen molar-refractivity contribution in [2.75, 3.05) is 13.1 Å². The van der Waals surface area contributed by atoms with E-state index in [1.165, 1.54) is 0 Å². The van der Waals surface area contributed by atoms with Gasteiger partial charge in [0.1, 0.15) is 11.4 Å². The molecule has 0 unspecified atom stereocenters. The second kappa shape index (κ2) is 8.00. The minimum absolute atomic E-state index is 0.0257. The molecule has 1 aromatic carbocycles. The van der Waals surface area contributed by atoms with Crippen molar-refractivity contribution >= 4 is 17.9 Å². The molecule has 7 nitrogen and oxygen atoms in total. The molecule has 25 heavy (non-hydrogen) atoms. The molecule has 1 aromatic rings. The third kappa shape index (κ3) is 5.77. The summed E-state index contributed by atoms with van der Waals surface area (Å²) in [4.78, 5) is 30.4. The molecule has 0 bridgehead atoms. The van der Waals surface area contributed by atoms with Gasteiger partial charge in [-0.2, -0.15) is 0 Å². The highest BCUT2D eigenvalue weighted by Crippen LogP contribution is 2.20. The van der Waals surface area contributed by atoms with E-state index in [2.05, 4.69) is 5.16 Å². The Morgan fingerprint density at radius 1 is 1.16 bits per heavy atom. The zero-order chi connectivity index (χ0) is 18.4. The Hall–Kier alpha value is -2.57. The van der Waals surface area contributed by atoms with Crippen molar-refractivity contribution in [3.05, 3.63) is 35.9 Å². The van der Waals surface area contributed by atoms with Gasteiger partial charge in [-0.05, 0) is 45.7 Å². The molecule has 0 aromatic heterocycles. The number of amidine groups is 1. The van der Waals surface area contributed by atoms with Crippen LogP contribution in [0, 0.1) is 5.92 Å². The molecule has 1 fully saturated rings. The molecule has 1 heterocycles. The SMILES string of the molecule is CC(C)(C)OC(=O)N1CCC(C(N)=NOC(=O)c2ccccc2)CC1. The molecule has 1 aliphatic heterocycles. The summed E-state index contributed by atoms with van der Waals surface area (Å²) in [7, 11) is 0. The van der Waals surface area contributed by atoms with Crippen LogP contribution < -0.4 is 5.73 Å². The van der Waals surface area contributed by atoms with Crippen LogP contribution in [-0.4, -0.2) is 41.5 Å². The van der Waals surface area contributed by atoms with Gasteiger partial charge in [0.05, 0.1) is 5.56 Å². The molecule has 0 spiro atoms. The van der Waals surface area contributed by atoms with Gasteiger partial charge in [-0.15, -0.1) is 0 Å². The molecule has 136 valence electrons. The van der Waals surface area contributed by atoms with Crippen molar-refractivity contribution in [1.29, 1.82) is 0 Å². The molecule has 1 saturated heterocycles. The van der Waals surface area contributed by atoms with Gasteiger partial charge in [-0.25, -0.2) is 9.59 Å². The lowest BCUT2D eigenvalue weighted by molar-refractivity contribution is 0.0201. The summed E-state index contributed by atoms with van der Waals surface area (Å²) in [6.07, 6.45) is 0.978. The number of rotatable bonds is 3. The maximum atomic E-state index is 12.0. The third-order valence-electron chi connectivity index (χ3n) is 3.81. The molecule has 0 saturated carbocycles. The first kappa shape index (κ1) is 18.8. The van der Waals surface area contributed by atoms with E-state index in [9.17, 15) is 9.59 Å². The summed E-state index contributed by atoms with van der Waals surface area (Å²) < 4.78 is 5.36. The largest absolute Gasteiger partial charge is 0.444 e.